The first kappa shape index (κ1) is 20.4. The lowest BCUT2D eigenvalue weighted by Crippen LogP contribution is -2.64. The highest BCUT2D eigenvalue weighted by Gasteiger charge is 2.45. The minimum Gasteiger partial charge on any atom is -0.493 e. The van der Waals surface area contributed by atoms with Crippen molar-refractivity contribution < 1.29 is 39.1 Å². The normalized spacial score (nSPS) is 28.5. The van der Waals surface area contributed by atoms with Crippen molar-refractivity contribution in [3.63, 3.8) is 0 Å². The van der Waals surface area contributed by atoms with Crippen molar-refractivity contribution in [2.75, 3.05) is 20.8 Å². The summed E-state index contributed by atoms with van der Waals surface area (Å²) in [4.78, 5) is 11.4. The molecule has 1 saturated heterocycles. The maximum Gasteiger partial charge on any atom is 0.217 e. The lowest BCUT2D eigenvalue weighted by molar-refractivity contribution is -0.273. The molecule has 9 nitrogen and oxygen atoms in total. The zero-order valence-corrected chi connectivity index (χ0v) is 14.9. The van der Waals surface area contributed by atoms with Crippen LogP contribution in [0.1, 0.15) is 12.5 Å². The molecule has 0 aliphatic carbocycles. The van der Waals surface area contributed by atoms with Crippen LogP contribution in [0.2, 0.25) is 0 Å². The number of hydrogen-bond donors (Lipinski definition) is 4. The molecule has 26 heavy (non-hydrogen) atoms. The highest BCUT2D eigenvalue weighted by molar-refractivity contribution is 5.73. The summed E-state index contributed by atoms with van der Waals surface area (Å²) in [5, 5.41) is 32.0. The number of rotatable bonds is 7. The van der Waals surface area contributed by atoms with Gasteiger partial charge >= 0.3 is 0 Å². The molecular weight excluding hydrogens is 346 g/mol. The van der Waals surface area contributed by atoms with Crippen LogP contribution in [0.15, 0.2) is 18.2 Å². The molecule has 0 bridgehead atoms. The Bertz CT molecular complexity index is 610. The number of carbonyl (C=O) groups excluding carboxylic acids is 1. The van der Waals surface area contributed by atoms with Gasteiger partial charge in [-0.05, 0) is 17.7 Å². The zero-order valence-electron chi connectivity index (χ0n) is 14.9. The molecule has 1 fully saturated rings. The molecule has 1 amide bonds. The Balaban J connectivity index is 2.12. The molecule has 146 valence electrons. The van der Waals surface area contributed by atoms with Crippen LogP contribution in [-0.4, -0.2) is 72.7 Å². The number of amides is 1. The van der Waals surface area contributed by atoms with E-state index in [1.807, 2.05) is 0 Å². The number of aliphatic hydroxyl groups excluding tert-OH is 3. The largest absolute Gasteiger partial charge is 0.493 e. The van der Waals surface area contributed by atoms with E-state index in [9.17, 15) is 20.1 Å². The zero-order chi connectivity index (χ0) is 19.3. The van der Waals surface area contributed by atoms with Crippen molar-refractivity contribution in [2.45, 2.75) is 44.2 Å². The van der Waals surface area contributed by atoms with Gasteiger partial charge in [-0.2, -0.15) is 0 Å². The summed E-state index contributed by atoms with van der Waals surface area (Å²) in [5.74, 6) is 0.687. The first-order valence-corrected chi connectivity index (χ1v) is 8.13. The van der Waals surface area contributed by atoms with E-state index in [2.05, 4.69) is 5.32 Å². The number of carbonyl (C=O) groups is 1. The van der Waals surface area contributed by atoms with Crippen LogP contribution < -0.4 is 14.8 Å². The van der Waals surface area contributed by atoms with Crippen molar-refractivity contribution in [1.82, 2.24) is 5.32 Å². The molecule has 9 heteroatoms. The molecule has 0 spiro atoms. The summed E-state index contributed by atoms with van der Waals surface area (Å²) in [6.45, 7) is 0.867. The van der Waals surface area contributed by atoms with E-state index in [4.69, 9.17) is 18.9 Å². The number of methoxy groups -OCH3 is 2. The third-order valence-corrected chi connectivity index (χ3v) is 4.11. The molecule has 0 saturated carbocycles. The van der Waals surface area contributed by atoms with Crippen LogP contribution in [0, 0.1) is 0 Å². The van der Waals surface area contributed by atoms with Gasteiger partial charge in [-0.15, -0.1) is 0 Å². The quantitative estimate of drug-likeness (QED) is 0.489. The number of aliphatic hydroxyl groups is 3. The third kappa shape index (κ3) is 4.63. The molecular formula is C17H25NO8. The number of benzene rings is 1. The van der Waals surface area contributed by atoms with Crippen molar-refractivity contribution in [3.05, 3.63) is 23.8 Å². The molecule has 1 aromatic rings. The molecule has 1 heterocycles. The van der Waals surface area contributed by atoms with Crippen molar-refractivity contribution in [3.8, 4) is 11.5 Å². The predicted molar refractivity (Wildman–Crippen MR) is 89.7 cm³/mol. The van der Waals surface area contributed by atoms with Crippen molar-refractivity contribution >= 4 is 5.91 Å². The predicted octanol–water partition coefficient (Wildman–Crippen LogP) is -0.836. The van der Waals surface area contributed by atoms with E-state index in [-0.39, 0.29) is 6.61 Å². The van der Waals surface area contributed by atoms with Crippen LogP contribution >= 0.6 is 0 Å². The number of ether oxygens (including phenoxy) is 4. The second-order valence-corrected chi connectivity index (χ2v) is 5.93. The standard InChI is InChI=1S/C17H25NO8/c1-9(20)18-14-16(22)15(21)13(7-19)26-17(14)25-8-10-4-5-11(23-2)12(6-10)24-3/h4-6,13-17,19,21-22H,7-8H2,1-3H3,(H,18,20)/t13-,14-,15-,16-,17-/m1/s1. The van der Waals surface area contributed by atoms with E-state index in [0.29, 0.717) is 11.5 Å². The van der Waals surface area contributed by atoms with Gasteiger partial charge in [-0.25, -0.2) is 0 Å². The Kier molecular flexibility index (Phi) is 7.18. The molecule has 5 atom stereocenters. The Morgan fingerprint density at radius 3 is 2.46 bits per heavy atom. The molecule has 4 N–H and O–H groups in total. The lowest BCUT2D eigenvalue weighted by Gasteiger charge is -2.42. The Hall–Kier alpha value is -1.91. The fourth-order valence-corrected chi connectivity index (χ4v) is 2.76. The Morgan fingerprint density at radius 1 is 1.19 bits per heavy atom. The summed E-state index contributed by atoms with van der Waals surface area (Å²) >= 11 is 0. The first-order chi connectivity index (χ1) is 12.4. The van der Waals surface area contributed by atoms with E-state index in [1.165, 1.54) is 21.1 Å². The maximum absolute atomic E-state index is 11.4. The smallest absolute Gasteiger partial charge is 0.217 e. The average molecular weight is 371 g/mol. The van der Waals surface area contributed by atoms with Gasteiger partial charge in [0.2, 0.25) is 5.91 Å². The summed E-state index contributed by atoms with van der Waals surface area (Å²) in [6.07, 6.45) is -4.77. The molecule has 2 rings (SSSR count). The van der Waals surface area contributed by atoms with Crippen LogP contribution in [0.4, 0.5) is 0 Å². The summed E-state index contributed by atoms with van der Waals surface area (Å²) in [6, 6.07) is 4.24. The second-order valence-electron chi connectivity index (χ2n) is 5.93. The maximum atomic E-state index is 11.4. The summed E-state index contributed by atoms with van der Waals surface area (Å²) in [5.41, 5.74) is 0.744. The fraction of sp³-hybridized carbons (Fsp3) is 0.588. The molecule has 0 unspecified atom stereocenters. The van der Waals surface area contributed by atoms with Crippen LogP contribution in [0.25, 0.3) is 0 Å². The van der Waals surface area contributed by atoms with Gasteiger partial charge in [0.05, 0.1) is 27.4 Å². The van der Waals surface area contributed by atoms with E-state index < -0.39 is 43.2 Å². The van der Waals surface area contributed by atoms with E-state index in [0.717, 1.165) is 5.56 Å². The molecule has 0 aromatic heterocycles. The van der Waals surface area contributed by atoms with Gasteiger partial charge in [-0.3, -0.25) is 4.79 Å². The van der Waals surface area contributed by atoms with Crippen LogP contribution in [-0.2, 0) is 20.9 Å². The van der Waals surface area contributed by atoms with Gasteiger partial charge in [0, 0.05) is 6.92 Å². The van der Waals surface area contributed by atoms with E-state index in [1.54, 1.807) is 18.2 Å². The Morgan fingerprint density at radius 2 is 1.88 bits per heavy atom. The summed E-state index contributed by atoms with van der Waals surface area (Å²) < 4.78 is 21.6. The van der Waals surface area contributed by atoms with Gasteiger partial charge in [0.15, 0.2) is 17.8 Å². The SMILES string of the molecule is COc1ccc(CO[C@@H]2O[C@H](CO)[C@@H](O)[C@H](O)[C@H]2NC(C)=O)cc1OC. The fourth-order valence-electron chi connectivity index (χ4n) is 2.76. The highest BCUT2D eigenvalue weighted by atomic mass is 16.7. The summed E-state index contributed by atoms with van der Waals surface area (Å²) in [7, 11) is 3.05. The highest BCUT2D eigenvalue weighted by Crippen LogP contribution is 2.29. The van der Waals surface area contributed by atoms with E-state index >= 15 is 0 Å². The monoisotopic (exact) mass is 371 g/mol. The molecule has 1 aliphatic rings. The van der Waals surface area contributed by atoms with Crippen molar-refractivity contribution in [2.24, 2.45) is 0 Å². The van der Waals surface area contributed by atoms with Gasteiger partial charge < -0.3 is 39.6 Å². The lowest BCUT2D eigenvalue weighted by atomic mass is 9.97. The van der Waals surface area contributed by atoms with Gasteiger partial charge in [0.1, 0.15) is 24.4 Å². The third-order valence-electron chi connectivity index (χ3n) is 4.11. The number of hydrogen-bond acceptors (Lipinski definition) is 8. The topological polar surface area (TPSA) is 127 Å². The molecule has 0 radical (unpaired) electrons. The second kappa shape index (κ2) is 9.15. The minimum atomic E-state index is -1.35. The first-order valence-electron chi connectivity index (χ1n) is 8.13. The Labute approximate surface area is 151 Å². The van der Waals surface area contributed by atoms with Crippen molar-refractivity contribution in [1.29, 1.82) is 0 Å². The number of nitrogens with one attached hydrogen (secondary N) is 1. The molecule has 1 aromatic carbocycles. The van der Waals surface area contributed by atoms with Crippen LogP contribution in [0.3, 0.4) is 0 Å². The van der Waals surface area contributed by atoms with Gasteiger partial charge in [0.25, 0.3) is 0 Å². The van der Waals surface area contributed by atoms with Crippen LogP contribution in [0.5, 0.6) is 11.5 Å². The minimum absolute atomic E-state index is 0.0854. The average Bonchev–Trinajstić information content (AvgIpc) is 2.64. The molecule has 1 aliphatic heterocycles. The van der Waals surface area contributed by atoms with Gasteiger partial charge in [-0.1, -0.05) is 6.07 Å².